The molecule has 1 aromatic carbocycles. The van der Waals surface area contributed by atoms with Gasteiger partial charge >= 0.3 is 0 Å². The van der Waals surface area contributed by atoms with Crippen LogP contribution in [0.4, 0.5) is 11.5 Å². The quantitative estimate of drug-likeness (QED) is 0.671. The van der Waals surface area contributed by atoms with Crippen LogP contribution in [-0.4, -0.2) is 59.8 Å². The second-order valence-corrected chi connectivity index (χ2v) is 7.92. The highest BCUT2D eigenvalue weighted by atomic mass is 16.2. The zero-order valence-corrected chi connectivity index (χ0v) is 18.0. The third-order valence-corrected chi connectivity index (χ3v) is 5.81. The van der Waals surface area contributed by atoms with Crippen molar-refractivity contribution in [1.82, 2.24) is 15.1 Å². The van der Waals surface area contributed by atoms with Crippen LogP contribution in [0.3, 0.4) is 0 Å². The maximum Gasteiger partial charge on any atom is 0.244 e. The summed E-state index contributed by atoms with van der Waals surface area (Å²) in [7, 11) is 1.99. The van der Waals surface area contributed by atoms with Crippen LogP contribution in [0.1, 0.15) is 31.7 Å². The summed E-state index contributed by atoms with van der Waals surface area (Å²) in [5.41, 5.74) is 1.98. The lowest BCUT2D eigenvalue weighted by Crippen LogP contribution is -2.50. The molecule has 7 heteroatoms. The summed E-state index contributed by atoms with van der Waals surface area (Å²) >= 11 is 0. The van der Waals surface area contributed by atoms with E-state index in [4.69, 9.17) is 5.26 Å². The molecule has 0 saturated carbocycles. The molecule has 1 aromatic heterocycles. The van der Waals surface area contributed by atoms with Crippen LogP contribution in [0, 0.1) is 18.3 Å². The van der Waals surface area contributed by atoms with E-state index in [0.717, 1.165) is 43.0 Å². The van der Waals surface area contributed by atoms with Gasteiger partial charge in [0.25, 0.3) is 0 Å². The molecule has 0 radical (unpaired) electrons. The van der Waals surface area contributed by atoms with Crippen LogP contribution in [0.5, 0.6) is 0 Å². The number of hydrogen-bond donors (Lipinski definition) is 0. The maximum absolute atomic E-state index is 13.3. The number of nitrogens with zero attached hydrogens (tertiary/aromatic N) is 6. The summed E-state index contributed by atoms with van der Waals surface area (Å²) in [6.45, 7) is 6.08. The largest absolute Gasteiger partial charge is 0.351 e. The van der Waals surface area contributed by atoms with Crippen LogP contribution >= 0.6 is 0 Å². The van der Waals surface area contributed by atoms with Crippen molar-refractivity contribution in [3.05, 3.63) is 48.2 Å². The van der Waals surface area contributed by atoms with Gasteiger partial charge in [-0.1, -0.05) is 17.7 Å². The van der Waals surface area contributed by atoms with Crippen LogP contribution in [0.2, 0.25) is 0 Å². The molecule has 0 bridgehead atoms. The van der Waals surface area contributed by atoms with E-state index in [1.807, 2.05) is 57.3 Å². The summed E-state index contributed by atoms with van der Waals surface area (Å²) < 4.78 is 0. The molecule has 2 unspecified atom stereocenters. The summed E-state index contributed by atoms with van der Waals surface area (Å²) in [4.78, 5) is 19.5. The van der Waals surface area contributed by atoms with E-state index < -0.39 is 0 Å². The minimum Gasteiger partial charge on any atom is -0.351 e. The highest BCUT2D eigenvalue weighted by Gasteiger charge is 2.31. The van der Waals surface area contributed by atoms with E-state index in [1.165, 1.54) is 0 Å². The lowest BCUT2D eigenvalue weighted by Gasteiger charge is -2.34. The molecule has 0 aliphatic carbocycles. The molecule has 1 amide bonds. The first kappa shape index (κ1) is 21.7. The Kier molecular flexibility index (Phi) is 7.36. The van der Waals surface area contributed by atoms with Crippen molar-refractivity contribution in [3.8, 4) is 6.07 Å². The fourth-order valence-electron chi connectivity index (χ4n) is 3.93. The van der Waals surface area contributed by atoms with Gasteiger partial charge in [0.2, 0.25) is 5.91 Å². The van der Waals surface area contributed by atoms with Gasteiger partial charge < -0.3 is 9.80 Å². The Labute approximate surface area is 178 Å². The second-order valence-electron chi connectivity index (χ2n) is 7.92. The molecule has 2 aromatic rings. The van der Waals surface area contributed by atoms with Gasteiger partial charge in [0.05, 0.1) is 18.5 Å². The molecular weight excluding hydrogens is 376 g/mol. The number of likely N-dealkylation sites (N-methyl/N-ethyl adjacent to an activating group) is 1. The van der Waals surface area contributed by atoms with E-state index >= 15 is 0 Å². The molecule has 7 nitrogen and oxygen atoms in total. The first-order valence-electron chi connectivity index (χ1n) is 10.5. The van der Waals surface area contributed by atoms with E-state index in [1.54, 1.807) is 11.1 Å². The average Bonchev–Trinajstić information content (AvgIpc) is 3.23. The van der Waals surface area contributed by atoms with Crippen LogP contribution in [0.15, 0.2) is 42.6 Å². The van der Waals surface area contributed by atoms with E-state index in [9.17, 15) is 4.79 Å². The Balaban J connectivity index is 1.69. The fraction of sp³-hybridized carbons (Fsp3) is 0.478. The molecule has 1 fully saturated rings. The van der Waals surface area contributed by atoms with Crippen molar-refractivity contribution in [2.24, 2.45) is 0 Å². The molecule has 30 heavy (non-hydrogen) atoms. The van der Waals surface area contributed by atoms with Crippen LogP contribution in [0.25, 0.3) is 0 Å². The van der Waals surface area contributed by atoms with Crippen molar-refractivity contribution in [1.29, 1.82) is 5.26 Å². The van der Waals surface area contributed by atoms with Gasteiger partial charge in [0, 0.05) is 37.6 Å². The number of hydrogen-bond acceptors (Lipinski definition) is 6. The molecule has 158 valence electrons. The zero-order valence-electron chi connectivity index (χ0n) is 18.0. The molecule has 2 heterocycles. The average molecular weight is 407 g/mol. The Bertz CT molecular complexity index is 864. The molecular formula is C23H30N6O. The summed E-state index contributed by atoms with van der Waals surface area (Å²) in [5, 5.41) is 17.3. The molecule has 1 saturated heterocycles. The van der Waals surface area contributed by atoms with Crippen molar-refractivity contribution >= 4 is 17.4 Å². The summed E-state index contributed by atoms with van der Waals surface area (Å²) in [6, 6.07) is 13.9. The number of benzene rings is 1. The minimum atomic E-state index is -0.297. The van der Waals surface area contributed by atoms with Crippen LogP contribution < -0.4 is 9.80 Å². The van der Waals surface area contributed by atoms with Gasteiger partial charge in [-0.3, -0.25) is 9.69 Å². The summed E-state index contributed by atoms with van der Waals surface area (Å²) in [6.07, 6.45) is 4.16. The first-order valence-corrected chi connectivity index (χ1v) is 10.5. The van der Waals surface area contributed by atoms with Crippen molar-refractivity contribution < 1.29 is 4.79 Å². The van der Waals surface area contributed by atoms with Crippen molar-refractivity contribution in [3.63, 3.8) is 0 Å². The number of aryl methyl sites for hydroxylation is 1. The first-order chi connectivity index (χ1) is 14.5. The Hall–Kier alpha value is -2.98. The number of nitriles is 1. The van der Waals surface area contributed by atoms with Gasteiger partial charge in [0.15, 0.2) is 5.82 Å². The molecule has 0 spiro atoms. The second kappa shape index (κ2) is 10.2. The van der Waals surface area contributed by atoms with E-state index in [2.05, 4.69) is 26.1 Å². The topological polar surface area (TPSA) is 76.4 Å². The maximum atomic E-state index is 13.3. The Morgan fingerprint density at radius 2 is 2.10 bits per heavy atom. The third-order valence-electron chi connectivity index (χ3n) is 5.81. The predicted molar refractivity (Wildman–Crippen MR) is 118 cm³/mol. The van der Waals surface area contributed by atoms with E-state index in [-0.39, 0.29) is 11.9 Å². The monoisotopic (exact) mass is 406 g/mol. The smallest absolute Gasteiger partial charge is 0.244 e. The van der Waals surface area contributed by atoms with Gasteiger partial charge in [-0.25, -0.2) is 0 Å². The molecule has 0 N–H and O–H groups in total. The molecule has 2 atom stereocenters. The third kappa shape index (κ3) is 5.14. The van der Waals surface area contributed by atoms with Gasteiger partial charge in [0.1, 0.15) is 0 Å². The SMILES string of the molecule is Cc1ccc(N(CCC#N)C(=O)C(C)N(C)CC2CCCN2c2cccnn2)cc1. The lowest BCUT2D eigenvalue weighted by molar-refractivity contribution is -0.122. The van der Waals surface area contributed by atoms with Crippen molar-refractivity contribution in [2.75, 3.05) is 36.5 Å². The molecule has 3 rings (SSSR count). The molecule has 1 aliphatic heterocycles. The van der Waals surface area contributed by atoms with Crippen LogP contribution in [-0.2, 0) is 4.79 Å². The van der Waals surface area contributed by atoms with Gasteiger partial charge in [-0.15, -0.1) is 5.10 Å². The van der Waals surface area contributed by atoms with Crippen molar-refractivity contribution in [2.45, 2.75) is 45.2 Å². The minimum absolute atomic E-state index is 0.0145. The fourth-order valence-corrected chi connectivity index (χ4v) is 3.93. The predicted octanol–water partition coefficient (Wildman–Crippen LogP) is 3.02. The number of carbonyl (C=O) groups excluding carboxylic acids is 1. The number of rotatable bonds is 8. The normalized spacial score (nSPS) is 17.0. The summed E-state index contributed by atoms with van der Waals surface area (Å²) in [5.74, 6) is 0.906. The number of amides is 1. The Morgan fingerprint density at radius 1 is 1.33 bits per heavy atom. The highest BCUT2D eigenvalue weighted by molar-refractivity contribution is 5.97. The van der Waals surface area contributed by atoms with Gasteiger partial charge in [-0.05, 0) is 58.0 Å². The number of anilines is 2. The Morgan fingerprint density at radius 3 is 2.77 bits per heavy atom. The zero-order chi connectivity index (χ0) is 21.5. The highest BCUT2D eigenvalue weighted by Crippen LogP contribution is 2.24. The van der Waals surface area contributed by atoms with E-state index in [0.29, 0.717) is 19.0 Å². The number of carbonyl (C=O) groups is 1. The molecule has 1 aliphatic rings. The number of aromatic nitrogens is 2. The standard InChI is InChI=1S/C23H30N6O/c1-18-9-11-20(12-10-18)29(16-6-13-24)23(30)19(2)27(3)17-21-7-5-15-28(21)22-8-4-14-25-26-22/h4,8-12,14,19,21H,5-7,15-17H2,1-3H3. The van der Waals surface area contributed by atoms with Gasteiger partial charge in [-0.2, -0.15) is 10.4 Å². The lowest BCUT2D eigenvalue weighted by atomic mass is 10.1.